The van der Waals surface area contributed by atoms with Crippen LogP contribution in [0.25, 0.3) is 0 Å². The molecule has 84 valence electrons. The lowest BCUT2D eigenvalue weighted by Crippen LogP contribution is -2.01. The first-order chi connectivity index (χ1) is 7.77. The van der Waals surface area contributed by atoms with E-state index in [0.29, 0.717) is 0 Å². The van der Waals surface area contributed by atoms with E-state index in [1.165, 1.54) is 24.8 Å². The molecule has 2 rings (SSSR count). The summed E-state index contributed by atoms with van der Waals surface area (Å²) in [6.45, 7) is 1.99. The molecular formula is C15H18O. The zero-order valence-corrected chi connectivity index (χ0v) is 9.83. The molecule has 0 aromatic heterocycles. The molecule has 1 saturated carbocycles. The van der Waals surface area contributed by atoms with Crippen LogP contribution < -0.4 is 0 Å². The third kappa shape index (κ3) is 2.60. The molecule has 0 radical (unpaired) electrons. The normalized spacial score (nSPS) is 15.9. The van der Waals surface area contributed by atoms with Crippen molar-refractivity contribution in [2.45, 2.75) is 39.0 Å². The SMILES string of the molecule is Cc1ccccc1C(=O)C=C1CCCCC1. The Hall–Kier alpha value is -1.37. The molecule has 0 heterocycles. The van der Waals surface area contributed by atoms with Gasteiger partial charge in [-0.2, -0.15) is 0 Å². The Morgan fingerprint density at radius 1 is 1.12 bits per heavy atom. The second-order valence-electron chi connectivity index (χ2n) is 4.54. The fourth-order valence-electron chi connectivity index (χ4n) is 2.26. The molecule has 1 aromatic carbocycles. The molecule has 1 aliphatic carbocycles. The summed E-state index contributed by atoms with van der Waals surface area (Å²) >= 11 is 0. The number of aryl methyl sites for hydroxylation is 1. The maximum atomic E-state index is 12.1. The first kappa shape index (κ1) is 11.1. The van der Waals surface area contributed by atoms with Gasteiger partial charge in [0.25, 0.3) is 0 Å². The van der Waals surface area contributed by atoms with Crippen LogP contribution >= 0.6 is 0 Å². The molecule has 0 N–H and O–H groups in total. The topological polar surface area (TPSA) is 17.1 Å². The van der Waals surface area contributed by atoms with Crippen LogP contribution in [0.4, 0.5) is 0 Å². The Balaban J connectivity index is 2.16. The van der Waals surface area contributed by atoms with Crippen molar-refractivity contribution in [3.63, 3.8) is 0 Å². The minimum absolute atomic E-state index is 0.176. The first-order valence-corrected chi connectivity index (χ1v) is 6.07. The van der Waals surface area contributed by atoms with Gasteiger partial charge in [-0.15, -0.1) is 0 Å². The lowest BCUT2D eigenvalue weighted by molar-refractivity contribution is 0.104. The van der Waals surface area contributed by atoms with Crippen molar-refractivity contribution in [1.29, 1.82) is 0 Å². The molecule has 1 nitrogen and oxygen atoms in total. The van der Waals surface area contributed by atoms with E-state index in [1.54, 1.807) is 0 Å². The fraction of sp³-hybridized carbons (Fsp3) is 0.400. The van der Waals surface area contributed by atoms with Gasteiger partial charge in [-0.25, -0.2) is 0 Å². The van der Waals surface area contributed by atoms with Crippen molar-refractivity contribution in [1.82, 2.24) is 0 Å². The number of rotatable bonds is 2. The average molecular weight is 214 g/mol. The van der Waals surface area contributed by atoms with Gasteiger partial charge in [0.15, 0.2) is 5.78 Å². The molecule has 0 spiro atoms. The highest BCUT2D eigenvalue weighted by Gasteiger charge is 2.10. The summed E-state index contributed by atoms with van der Waals surface area (Å²) in [6.07, 6.45) is 7.88. The predicted molar refractivity (Wildman–Crippen MR) is 66.7 cm³/mol. The van der Waals surface area contributed by atoms with Gasteiger partial charge in [-0.3, -0.25) is 4.79 Å². The average Bonchev–Trinajstić information content (AvgIpc) is 2.31. The molecule has 1 aliphatic rings. The number of allylic oxidation sites excluding steroid dienone is 2. The zero-order chi connectivity index (χ0) is 11.4. The second kappa shape index (κ2) is 5.11. The molecule has 0 unspecified atom stereocenters. The molecule has 0 bridgehead atoms. The van der Waals surface area contributed by atoms with Gasteiger partial charge in [-0.05, 0) is 44.2 Å². The first-order valence-electron chi connectivity index (χ1n) is 6.07. The Bertz CT molecular complexity index is 407. The third-order valence-corrected chi connectivity index (χ3v) is 3.24. The zero-order valence-electron chi connectivity index (χ0n) is 9.83. The standard InChI is InChI=1S/C15H18O/c1-12-7-5-6-10-14(12)15(16)11-13-8-3-2-4-9-13/h5-7,10-11H,2-4,8-9H2,1H3. The van der Waals surface area contributed by atoms with Gasteiger partial charge in [0.05, 0.1) is 0 Å². The van der Waals surface area contributed by atoms with Crippen LogP contribution in [-0.4, -0.2) is 5.78 Å². The Morgan fingerprint density at radius 2 is 1.81 bits per heavy atom. The molecule has 1 fully saturated rings. The van der Waals surface area contributed by atoms with E-state index >= 15 is 0 Å². The van der Waals surface area contributed by atoms with Crippen LogP contribution in [0.3, 0.4) is 0 Å². The maximum absolute atomic E-state index is 12.1. The van der Waals surface area contributed by atoms with Crippen molar-refractivity contribution < 1.29 is 4.79 Å². The number of benzene rings is 1. The predicted octanol–water partition coefficient (Wildman–Crippen LogP) is 4.07. The van der Waals surface area contributed by atoms with Crippen LogP contribution in [0.2, 0.25) is 0 Å². The number of carbonyl (C=O) groups excluding carboxylic acids is 1. The molecule has 1 heteroatoms. The van der Waals surface area contributed by atoms with Gasteiger partial charge in [0.2, 0.25) is 0 Å². The maximum Gasteiger partial charge on any atom is 0.186 e. The third-order valence-electron chi connectivity index (χ3n) is 3.24. The van der Waals surface area contributed by atoms with E-state index in [-0.39, 0.29) is 5.78 Å². The Morgan fingerprint density at radius 3 is 2.50 bits per heavy atom. The van der Waals surface area contributed by atoms with E-state index in [9.17, 15) is 4.79 Å². The molecule has 0 aliphatic heterocycles. The van der Waals surface area contributed by atoms with Crippen molar-refractivity contribution in [3.05, 3.63) is 47.0 Å². The van der Waals surface area contributed by atoms with Crippen molar-refractivity contribution in [2.75, 3.05) is 0 Å². The number of ketones is 1. The van der Waals surface area contributed by atoms with Crippen LogP contribution in [-0.2, 0) is 0 Å². The quantitative estimate of drug-likeness (QED) is 0.536. The minimum atomic E-state index is 0.176. The molecule has 0 atom stereocenters. The highest BCUT2D eigenvalue weighted by atomic mass is 16.1. The van der Waals surface area contributed by atoms with Gasteiger partial charge < -0.3 is 0 Å². The van der Waals surface area contributed by atoms with Gasteiger partial charge in [0, 0.05) is 5.56 Å². The molecule has 0 saturated heterocycles. The van der Waals surface area contributed by atoms with Crippen LogP contribution in [0.1, 0.15) is 48.0 Å². The van der Waals surface area contributed by atoms with Crippen LogP contribution in [0.15, 0.2) is 35.9 Å². The number of carbonyl (C=O) groups is 1. The number of hydrogen-bond acceptors (Lipinski definition) is 1. The largest absolute Gasteiger partial charge is 0.289 e. The van der Waals surface area contributed by atoms with E-state index in [2.05, 4.69) is 0 Å². The summed E-state index contributed by atoms with van der Waals surface area (Å²) in [5, 5.41) is 0. The Kier molecular flexibility index (Phi) is 3.55. The van der Waals surface area contributed by atoms with Gasteiger partial charge in [0.1, 0.15) is 0 Å². The summed E-state index contributed by atoms with van der Waals surface area (Å²) < 4.78 is 0. The van der Waals surface area contributed by atoms with E-state index in [1.807, 2.05) is 37.3 Å². The van der Waals surface area contributed by atoms with Gasteiger partial charge >= 0.3 is 0 Å². The summed E-state index contributed by atoms with van der Waals surface area (Å²) in [5.74, 6) is 0.176. The molecular weight excluding hydrogens is 196 g/mol. The van der Waals surface area contributed by atoms with Crippen molar-refractivity contribution in [3.8, 4) is 0 Å². The smallest absolute Gasteiger partial charge is 0.186 e. The fourth-order valence-corrected chi connectivity index (χ4v) is 2.26. The highest BCUT2D eigenvalue weighted by Crippen LogP contribution is 2.23. The highest BCUT2D eigenvalue weighted by molar-refractivity contribution is 6.05. The minimum Gasteiger partial charge on any atom is -0.289 e. The van der Waals surface area contributed by atoms with E-state index in [4.69, 9.17) is 0 Å². The molecule has 1 aromatic rings. The van der Waals surface area contributed by atoms with Crippen LogP contribution in [0, 0.1) is 6.92 Å². The summed E-state index contributed by atoms with van der Waals surface area (Å²) in [6, 6.07) is 7.81. The van der Waals surface area contributed by atoms with Gasteiger partial charge in [-0.1, -0.05) is 36.3 Å². The van der Waals surface area contributed by atoms with Crippen molar-refractivity contribution in [2.24, 2.45) is 0 Å². The molecule has 16 heavy (non-hydrogen) atoms. The second-order valence-corrected chi connectivity index (χ2v) is 4.54. The summed E-state index contributed by atoms with van der Waals surface area (Å²) in [4.78, 5) is 12.1. The van der Waals surface area contributed by atoms with E-state index in [0.717, 1.165) is 24.0 Å². The van der Waals surface area contributed by atoms with Crippen molar-refractivity contribution >= 4 is 5.78 Å². The monoisotopic (exact) mass is 214 g/mol. The lowest BCUT2D eigenvalue weighted by Gasteiger charge is -2.13. The Labute approximate surface area is 97.2 Å². The van der Waals surface area contributed by atoms with Crippen LogP contribution in [0.5, 0.6) is 0 Å². The molecule has 0 amide bonds. The van der Waals surface area contributed by atoms with E-state index < -0.39 is 0 Å². The summed E-state index contributed by atoms with van der Waals surface area (Å²) in [5.41, 5.74) is 3.25. The summed E-state index contributed by atoms with van der Waals surface area (Å²) in [7, 11) is 0. The lowest BCUT2D eigenvalue weighted by atomic mass is 9.92. The number of hydrogen-bond donors (Lipinski definition) is 0.